The van der Waals surface area contributed by atoms with Gasteiger partial charge in [-0.2, -0.15) is 0 Å². The van der Waals surface area contributed by atoms with E-state index in [0.717, 1.165) is 6.07 Å². The highest BCUT2D eigenvalue weighted by molar-refractivity contribution is 14.1. The molecule has 1 aromatic rings. The van der Waals surface area contributed by atoms with Crippen LogP contribution in [0, 0.1) is 9.39 Å². The third-order valence-electron chi connectivity index (χ3n) is 1.33. The van der Waals surface area contributed by atoms with Crippen molar-refractivity contribution in [2.45, 2.75) is 0 Å². The number of nitrogen functional groups attached to an aromatic ring is 1. The fraction of sp³-hybridized carbons (Fsp3) is 0. The van der Waals surface area contributed by atoms with E-state index >= 15 is 0 Å². The van der Waals surface area contributed by atoms with E-state index in [-0.39, 0.29) is 14.8 Å². The maximum absolute atomic E-state index is 12.8. The Morgan fingerprint density at radius 3 is 2.58 bits per heavy atom. The van der Waals surface area contributed by atoms with Gasteiger partial charge < -0.3 is 10.8 Å². The molecule has 0 saturated heterocycles. The van der Waals surface area contributed by atoms with Gasteiger partial charge in [0.2, 0.25) is 0 Å². The average molecular weight is 281 g/mol. The standard InChI is InChI=1S/C7H5FINO2/c8-3-1-2-4(10)6(9)5(3)7(11)12/h1-2H,10H2,(H,11,12). The van der Waals surface area contributed by atoms with Crippen LogP contribution in [0.3, 0.4) is 0 Å². The number of rotatable bonds is 1. The third-order valence-corrected chi connectivity index (χ3v) is 2.50. The molecule has 0 amide bonds. The second kappa shape index (κ2) is 3.26. The first-order chi connectivity index (χ1) is 5.54. The summed E-state index contributed by atoms with van der Waals surface area (Å²) in [6, 6.07) is 2.38. The Labute approximate surface area is 81.5 Å². The van der Waals surface area contributed by atoms with Crippen LogP contribution in [0.2, 0.25) is 0 Å². The van der Waals surface area contributed by atoms with E-state index in [1.807, 2.05) is 0 Å². The van der Waals surface area contributed by atoms with E-state index in [2.05, 4.69) is 0 Å². The van der Waals surface area contributed by atoms with Crippen molar-refractivity contribution in [3.63, 3.8) is 0 Å². The molecule has 0 unspecified atom stereocenters. The van der Waals surface area contributed by atoms with Crippen molar-refractivity contribution in [2.24, 2.45) is 0 Å². The second-order valence-corrected chi connectivity index (χ2v) is 3.21. The molecule has 0 atom stereocenters. The molecule has 0 aliphatic carbocycles. The van der Waals surface area contributed by atoms with E-state index in [4.69, 9.17) is 10.8 Å². The van der Waals surface area contributed by atoms with Crippen molar-refractivity contribution < 1.29 is 14.3 Å². The minimum atomic E-state index is -1.30. The molecule has 0 spiro atoms. The molecule has 0 bridgehead atoms. The molecule has 5 heteroatoms. The number of hydrogen-bond donors (Lipinski definition) is 2. The fourth-order valence-electron chi connectivity index (χ4n) is 0.765. The van der Waals surface area contributed by atoms with Crippen molar-refractivity contribution in [3.05, 3.63) is 27.1 Å². The van der Waals surface area contributed by atoms with Crippen molar-refractivity contribution in [1.29, 1.82) is 0 Å². The minimum absolute atomic E-state index is 0.236. The summed E-state index contributed by atoms with van der Waals surface area (Å²) in [5, 5.41) is 8.57. The molecule has 0 aromatic heterocycles. The number of aromatic carboxylic acids is 1. The Morgan fingerprint density at radius 1 is 1.58 bits per heavy atom. The lowest BCUT2D eigenvalue weighted by Gasteiger charge is -2.02. The van der Waals surface area contributed by atoms with E-state index in [1.54, 1.807) is 22.6 Å². The summed E-state index contributed by atoms with van der Waals surface area (Å²) in [6.07, 6.45) is 0. The van der Waals surface area contributed by atoms with Crippen LogP contribution in [-0.4, -0.2) is 11.1 Å². The normalized spacial score (nSPS) is 9.83. The third kappa shape index (κ3) is 1.50. The zero-order chi connectivity index (χ0) is 9.30. The maximum atomic E-state index is 12.8. The van der Waals surface area contributed by atoms with Crippen LogP contribution in [-0.2, 0) is 0 Å². The van der Waals surface area contributed by atoms with Crippen molar-refractivity contribution in [1.82, 2.24) is 0 Å². The number of nitrogens with two attached hydrogens (primary N) is 1. The zero-order valence-corrected chi connectivity index (χ0v) is 8.00. The number of hydrogen-bond acceptors (Lipinski definition) is 2. The van der Waals surface area contributed by atoms with Gasteiger partial charge in [0.05, 0.1) is 3.57 Å². The lowest BCUT2D eigenvalue weighted by molar-refractivity contribution is 0.0690. The number of anilines is 1. The SMILES string of the molecule is Nc1ccc(F)c(C(=O)O)c1I. The van der Waals surface area contributed by atoms with E-state index in [9.17, 15) is 9.18 Å². The maximum Gasteiger partial charge on any atom is 0.339 e. The van der Waals surface area contributed by atoms with Crippen LogP contribution in [0.25, 0.3) is 0 Å². The molecule has 1 rings (SSSR count). The topological polar surface area (TPSA) is 63.3 Å². The van der Waals surface area contributed by atoms with Crippen molar-refractivity contribution >= 4 is 34.2 Å². The summed E-state index contributed by atoms with van der Waals surface area (Å²) in [4.78, 5) is 10.5. The van der Waals surface area contributed by atoms with Gasteiger partial charge in [0.15, 0.2) is 0 Å². The summed E-state index contributed by atoms with van der Waals surface area (Å²) in [5.74, 6) is -2.06. The quantitative estimate of drug-likeness (QED) is 0.608. The molecular weight excluding hydrogens is 276 g/mol. The molecule has 0 radical (unpaired) electrons. The van der Waals surface area contributed by atoms with Crippen LogP contribution in [0.4, 0.5) is 10.1 Å². The van der Waals surface area contributed by atoms with Crippen LogP contribution >= 0.6 is 22.6 Å². The Balaban J connectivity index is 3.43. The van der Waals surface area contributed by atoms with Gasteiger partial charge in [-0.25, -0.2) is 9.18 Å². The zero-order valence-electron chi connectivity index (χ0n) is 5.84. The number of carboxylic acid groups (broad SMARTS) is 1. The van der Waals surface area contributed by atoms with Crippen molar-refractivity contribution in [2.75, 3.05) is 5.73 Å². The largest absolute Gasteiger partial charge is 0.478 e. The van der Waals surface area contributed by atoms with Gasteiger partial charge >= 0.3 is 5.97 Å². The molecule has 1 aromatic carbocycles. The lowest BCUT2D eigenvalue weighted by atomic mass is 10.2. The van der Waals surface area contributed by atoms with E-state index < -0.39 is 11.8 Å². The molecule has 0 aliphatic heterocycles. The van der Waals surface area contributed by atoms with Gasteiger partial charge in [-0.15, -0.1) is 0 Å². The van der Waals surface area contributed by atoms with E-state index in [1.165, 1.54) is 6.07 Å². The van der Waals surface area contributed by atoms with Crippen molar-refractivity contribution in [3.8, 4) is 0 Å². The summed E-state index contributed by atoms with van der Waals surface area (Å²) in [5.41, 5.74) is 5.30. The Hall–Kier alpha value is -0.850. The predicted molar refractivity (Wildman–Crippen MR) is 50.5 cm³/mol. The van der Waals surface area contributed by atoms with Gasteiger partial charge in [0.1, 0.15) is 11.4 Å². The molecule has 12 heavy (non-hydrogen) atoms. The first-order valence-electron chi connectivity index (χ1n) is 3.01. The average Bonchev–Trinajstić information content (AvgIpc) is 1.97. The second-order valence-electron chi connectivity index (χ2n) is 2.13. The van der Waals surface area contributed by atoms with Gasteiger partial charge in [0, 0.05) is 5.69 Å². The number of halogens is 2. The fourth-order valence-corrected chi connectivity index (χ4v) is 1.43. The first-order valence-corrected chi connectivity index (χ1v) is 4.08. The number of carboxylic acids is 1. The molecule has 0 fully saturated rings. The summed E-state index contributed by atoms with van der Waals surface area (Å²) in [7, 11) is 0. The molecule has 3 N–H and O–H groups in total. The molecule has 0 saturated carbocycles. The van der Waals surface area contributed by atoms with Gasteiger partial charge in [-0.05, 0) is 34.7 Å². The smallest absolute Gasteiger partial charge is 0.339 e. The summed E-state index contributed by atoms with van der Waals surface area (Å²) in [6.45, 7) is 0. The highest BCUT2D eigenvalue weighted by Crippen LogP contribution is 2.21. The number of benzene rings is 1. The van der Waals surface area contributed by atoms with Gasteiger partial charge in [0.25, 0.3) is 0 Å². The van der Waals surface area contributed by atoms with Gasteiger partial charge in [-0.1, -0.05) is 0 Å². The van der Waals surface area contributed by atoms with Crippen LogP contribution in [0.1, 0.15) is 10.4 Å². The van der Waals surface area contributed by atoms with E-state index in [0.29, 0.717) is 0 Å². The van der Waals surface area contributed by atoms with Crippen LogP contribution in [0.15, 0.2) is 12.1 Å². The Kier molecular flexibility index (Phi) is 2.51. The summed E-state index contributed by atoms with van der Waals surface area (Å²) < 4.78 is 13.1. The highest BCUT2D eigenvalue weighted by Gasteiger charge is 2.15. The number of carbonyl (C=O) groups is 1. The minimum Gasteiger partial charge on any atom is -0.478 e. The predicted octanol–water partition coefficient (Wildman–Crippen LogP) is 1.71. The lowest BCUT2D eigenvalue weighted by Crippen LogP contribution is -2.06. The molecule has 0 heterocycles. The highest BCUT2D eigenvalue weighted by atomic mass is 127. The Bertz CT molecular complexity index is 340. The molecule has 0 aliphatic rings. The van der Waals surface area contributed by atoms with Crippen LogP contribution in [0.5, 0.6) is 0 Å². The monoisotopic (exact) mass is 281 g/mol. The summed E-state index contributed by atoms with van der Waals surface area (Å²) >= 11 is 1.70. The van der Waals surface area contributed by atoms with Crippen LogP contribution < -0.4 is 5.73 Å². The first kappa shape index (κ1) is 9.24. The molecule has 64 valence electrons. The van der Waals surface area contributed by atoms with Gasteiger partial charge in [-0.3, -0.25) is 0 Å². The Morgan fingerprint density at radius 2 is 2.17 bits per heavy atom. The molecule has 3 nitrogen and oxygen atoms in total. The molecular formula is C7H5FINO2.